The highest BCUT2D eigenvalue weighted by atomic mass is 16.6. The molecule has 0 unspecified atom stereocenters. The number of ether oxygens (including phenoxy) is 1. The molecule has 2 aromatic rings. The van der Waals surface area contributed by atoms with Crippen molar-refractivity contribution >= 4 is 17.7 Å². The molecule has 1 aliphatic carbocycles. The fraction of sp³-hybridized carbons (Fsp3) is 0.560. The van der Waals surface area contributed by atoms with Crippen molar-refractivity contribution in [2.24, 2.45) is 5.92 Å². The number of benzene rings is 1. The Labute approximate surface area is 195 Å². The number of aliphatic hydroxyl groups is 1. The van der Waals surface area contributed by atoms with Gasteiger partial charge in [0.1, 0.15) is 11.6 Å². The number of amides is 2. The highest BCUT2D eigenvalue weighted by molar-refractivity contribution is 5.97. The molecule has 1 atom stereocenters. The lowest BCUT2D eigenvalue weighted by Crippen LogP contribution is -2.49. The molecular formula is C25H36N4O4. The van der Waals surface area contributed by atoms with Crippen LogP contribution in [-0.4, -0.2) is 38.9 Å². The van der Waals surface area contributed by atoms with E-state index in [1.807, 2.05) is 31.2 Å². The summed E-state index contributed by atoms with van der Waals surface area (Å²) in [5.41, 5.74) is 3.21. The van der Waals surface area contributed by atoms with E-state index in [1.165, 1.54) is 0 Å². The molecule has 1 aliphatic rings. The van der Waals surface area contributed by atoms with Gasteiger partial charge in [0.2, 0.25) is 5.91 Å². The van der Waals surface area contributed by atoms with Crippen LogP contribution in [0.5, 0.6) is 0 Å². The molecule has 1 heterocycles. The number of alkyl carbamates (subject to hydrolysis) is 1. The van der Waals surface area contributed by atoms with Crippen molar-refractivity contribution in [3.63, 3.8) is 0 Å². The number of rotatable bonds is 6. The molecule has 0 spiro atoms. The number of carbonyl (C=O) groups is 2. The lowest BCUT2D eigenvalue weighted by molar-refractivity contribution is -0.119. The van der Waals surface area contributed by atoms with Crippen LogP contribution in [0.25, 0.3) is 11.1 Å². The molecule has 8 heteroatoms. The Balaban J connectivity index is 1.75. The van der Waals surface area contributed by atoms with E-state index >= 15 is 0 Å². The summed E-state index contributed by atoms with van der Waals surface area (Å²) in [6, 6.07) is 6.75. The van der Waals surface area contributed by atoms with Gasteiger partial charge in [0, 0.05) is 16.9 Å². The molecule has 8 nitrogen and oxygen atoms in total. The van der Waals surface area contributed by atoms with Crippen LogP contribution in [0.15, 0.2) is 24.3 Å². The van der Waals surface area contributed by atoms with Crippen LogP contribution in [0.4, 0.5) is 10.5 Å². The van der Waals surface area contributed by atoms with Gasteiger partial charge in [-0.2, -0.15) is 5.10 Å². The van der Waals surface area contributed by atoms with Crippen LogP contribution in [-0.2, 0) is 16.1 Å². The monoisotopic (exact) mass is 456 g/mol. The molecule has 0 saturated heterocycles. The van der Waals surface area contributed by atoms with Gasteiger partial charge in [-0.15, -0.1) is 0 Å². The SMILES string of the molecule is Cc1[nH]nc(CO)c1-c1ccc(NC(=O)[C@@H](NC(=O)OC(C)(C)C)C2CCCCCC2)cc1. The lowest BCUT2D eigenvalue weighted by atomic mass is 9.91. The largest absolute Gasteiger partial charge is 0.444 e. The van der Waals surface area contributed by atoms with E-state index in [0.29, 0.717) is 11.4 Å². The van der Waals surface area contributed by atoms with Crippen molar-refractivity contribution in [1.29, 1.82) is 0 Å². The first kappa shape index (κ1) is 24.8. The lowest BCUT2D eigenvalue weighted by Gasteiger charge is -2.28. The van der Waals surface area contributed by atoms with E-state index in [2.05, 4.69) is 20.8 Å². The second kappa shape index (κ2) is 10.8. The average molecular weight is 457 g/mol. The van der Waals surface area contributed by atoms with Gasteiger partial charge >= 0.3 is 6.09 Å². The van der Waals surface area contributed by atoms with E-state index in [0.717, 1.165) is 55.3 Å². The van der Waals surface area contributed by atoms with E-state index in [4.69, 9.17) is 4.74 Å². The molecule has 1 fully saturated rings. The summed E-state index contributed by atoms with van der Waals surface area (Å²) in [6.07, 6.45) is 5.64. The van der Waals surface area contributed by atoms with Crippen molar-refractivity contribution in [3.8, 4) is 11.1 Å². The minimum Gasteiger partial charge on any atom is -0.444 e. The molecule has 180 valence electrons. The normalized spacial score (nSPS) is 16.0. The van der Waals surface area contributed by atoms with E-state index in [1.54, 1.807) is 20.8 Å². The number of aliphatic hydroxyl groups excluding tert-OH is 1. The first-order valence-corrected chi connectivity index (χ1v) is 11.7. The van der Waals surface area contributed by atoms with E-state index in [9.17, 15) is 14.7 Å². The molecule has 4 N–H and O–H groups in total. The van der Waals surface area contributed by atoms with Crippen molar-refractivity contribution in [2.45, 2.75) is 84.5 Å². The maximum absolute atomic E-state index is 13.3. The van der Waals surface area contributed by atoms with Crippen LogP contribution < -0.4 is 10.6 Å². The van der Waals surface area contributed by atoms with Gasteiger partial charge in [-0.05, 0) is 64.2 Å². The van der Waals surface area contributed by atoms with Crippen molar-refractivity contribution < 1.29 is 19.4 Å². The summed E-state index contributed by atoms with van der Waals surface area (Å²) in [4.78, 5) is 25.7. The highest BCUT2D eigenvalue weighted by Gasteiger charge is 2.32. The van der Waals surface area contributed by atoms with E-state index in [-0.39, 0.29) is 18.4 Å². The smallest absolute Gasteiger partial charge is 0.408 e. The summed E-state index contributed by atoms with van der Waals surface area (Å²) < 4.78 is 5.42. The fourth-order valence-electron chi connectivity index (χ4n) is 4.39. The standard InChI is InChI=1S/C25H36N4O4/c1-16-21(20(15-30)29-28-16)17-11-13-19(14-12-17)26-23(31)22(18-9-7-5-6-8-10-18)27-24(32)33-25(2,3)4/h11-14,18,22,30H,5-10,15H2,1-4H3,(H,26,31)(H,27,32)(H,28,29)/t22-/m0/s1. The third-order valence-corrected chi connectivity index (χ3v) is 5.94. The van der Waals surface area contributed by atoms with Crippen LogP contribution >= 0.6 is 0 Å². The molecule has 1 saturated carbocycles. The second-order valence-corrected chi connectivity index (χ2v) is 9.77. The third kappa shape index (κ3) is 6.81. The summed E-state index contributed by atoms with van der Waals surface area (Å²) in [7, 11) is 0. The molecule has 33 heavy (non-hydrogen) atoms. The maximum atomic E-state index is 13.3. The maximum Gasteiger partial charge on any atom is 0.408 e. The average Bonchev–Trinajstić information content (AvgIpc) is 2.94. The van der Waals surface area contributed by atoms with Crippen LogP contribution in [0, 0.1) is 12.8 Å². The van der Waals surface area contributed by atoms with Crippen molar-refractivity contribution in [2.75, 3.05) is 5.32 Å². The fourth-order valence-corrected chi connectivity index (χ4v) is 4.39. The topological polar surface area (TPSA) is 116 Å². The van der Waals surface area contributed by atoms with Crippen molar-refractivity contribution in [3.05, 3.63) is 35.7 Å². The quantitative estimate of drug-likeness (QED) is 0.471. The van der Waals surface area contributed by atoms with Gasteiger partial charge in [0.05, 0.1) is 12.3 Å². The first-order chi connectivity index (χ1) is 15.7. The molecule has 0 bridgehead atoms. The summed E-state index contributed by atoms with van der Waals surface area (Å²) in [5, 5.41) is 22.3. The Morgan fingerprint density at radius 1 is 1.15 bits per heavy atom. The van der Waals surface area contributed by atoms with Gasteiger partial charge < -0.3 is 20.5 Å². The number of anilines is 1. The number of nitrogens with zero attached hydrogens (tertiary/aromatic N) is 1. The van der Waals surface area contributed by atoms with Crippen molar-refractivity contribution in [1.82, 2.24) is 15.5 Å². The zero-order valence-corrected chi connectivity index (χ0v) is 20.0. The molecule has 0 aliphatic heterocycles. The summed E-state index contributed by atoms with van der Waals surface area (Å²) in [5.74, 6) is -0.170. The molecule has 3 rings (SSSR count). The van der Waals surface area contributed by atoms with Gasteiger partial charge in [0.25, 0.3) is 0 Å². The van der Waals surface area contributed by atoms with Gasteiger partial charge in [-0.3, -0.25) is 9.89 Å². The Hall–Kier alpha value is -2.87. The number of hydrogen-bond donors (Lipinski definition) is 4. The van der Waals surface area contributed by atoms with Gasteiger partial charge in [0.15, 0.2) is 0 Å². The number of H-pyrrole nitrogens is 1. The van der Waals surface area contributed by atoms with Crippen LogP contribution in [0.1, 0.15) is 70.7 Å². The predicted octanol–water partition coefficient (Wildman–Crippen LogP) is 4.68. The number of hydrogen-bond acceptors (Lipinski definition) is 5. The number of nitrogens with one attached hydrogen (secondary N) is 3. The molecule has 0 radical (unpaired) electrons. The number of aromatic nitrogens is 2. The van der Waals surface area contributed by atoms with Gasteiger partial charge in [-0.1, -0.05) is 37.8 Å². The zero-order valence-electron chi connectivity index (χ0n) is 20.0. The minimum absolute atomic E-state index is 0.0694. The molecular weight excluding hydrogens is 420 g/mol. The Bertz CT molecular complexity index is 938. The Morgan fingerprint density at radius 3 is 2.36 bits per heavy atom. The third-order valence-electron chi connectivity index (χ3n) is 5.94. The summed E-state index contributed by atoms with van der Waals surface area (Å²) >= 11 is 0. The number of aromatic amines is 1. The minimum atomic E-state index is -0.658. The predicted molar refractivity (Wildman–Crippen MR) is 128 cm³/mol. The number of carbonyl (C=O) groups excluding carboxylic acids is 2. The second-order valence-electron chi connectivity index (χ2n) is 9.77. The molecule has 2 amide bonds. The van der Waals surface area contributed by atoms with Gasteiger partial charge in [-0.25, -0.2) is 4.79 Å². The Morgan fingerprint density at radius 2 is 1.79 bits per heavy atom. The van der Waals surface area contributed by atoms with Crippen LogP contribution in [0.2, 0.25) is 0 Å². The number of aryl methyl sites for hydroxylation is 1. The zero-order chi connectivity index (χ0) is 24.0. The molecule has 1 aromatic carbocycles. The summed E-state index contributed by atoms with van der Waals surface area (Å²) in [6.45, 7) is 7.16. The first-order valence-electron chi connectivity index (χ1n) is 11.7. The van der Waals surface area contributed by atoms with Crippen LogP contribution in [0.3, 0.4) is 0 Å². The highest BCUT2D eigenvalue weighted by Crippen LogP contribution is 2.29. The van der Waals surface area contributed by atoms with E-state index < -0.39 is 17.7 Å². The Kier molecular flexibility index (Phi) is 8.13. The molecule has 1 aromatic heterocycles.